The molecule has 4 rings (SSSR count). The molecule has 2 heterocycles. The van der Waals surface area contributed by atoms with Crippen molar-refractivity contribution in [2.45, 2.75) is 43.7 Å². The van der Waals surface area contributed by atoms with Crippen LogP contribution in [0.25, 0.3) is 0 Å². The van der Waals surface area contributed by atoms with Crippen LogP contribution in [0.2, 0.25) is 0 Å². The lowest BCUT2D eigenvalue weighted by Gasteiger charge is -2.36. The number of carbonyl (C=O) groups is 1. The average molecular weight is 307 g/mol. The third-order valence-corrected chi connectivity index (χ3v) is 5.28. The van der Waals surface area contributed by atoms with E-state index in [9.17, 15) is 4.79 Å². The average Bonchev–Trinajstić information content (AvgIpc) is 2.88. The Kier molecular flexibility index (Phi) is 3.62. The predicted octanol–water partition coefficient (Wildman–Crippen LogP) is 3.00. The molecule has 1 amide bonds. The van der Waals surface area contributed by atoms with E-state index in [1.807, 2.05) is 30.5 Å². The number of pyridine rings is 1. The molecule has 118 valence electrons. The third-order valence-electron chi connectivity index (χ3n) is 5.28. The first-order chi connectivity index (χ1) is 11.3. The van der Waals surface area contributed by atoms with Crippen LogP contribution in [-0.4, -0.2) is 16.9 Å². The molecule has 2 N–H and O–H groups in total. The summed E-state index contributed by atoms with van der Waals surface area (Å²) in [5.41, 5.74) is 3.09. The van der Waals surface area contributed by atoms with E-state index in [2.05, 4.69) is 27.8 Å². The van der Waals surface area contributed by atoms with E-state index in [4.69, 9.17) is 0 Å². The smallest absolute Gasteiger partial charge is 0.235 e. The number of hydrogen-bond acceptors (Lipinski definition) is 3. The van der Waals surface area contributed by atoms with Gasteiger partial charge in [-0.3, -0.25) is 9.78 Å². The van der Waals surface area contributed by atoms with Crippen LogP contribution < -0.4 is 10.6 Å². The molecule has 23 heavy (non-hydrogen) atoms. The molecule has 1 fully saturated rings. The van der Waals surface area contributed by atoms with Crippen molar-refractivity contribution in [2.75, 3.05) is 5.32 Å². The summed E-state index contributed by atoms with van der Waals surface area (Å²) < 4.78 is 0. The zero-order valence-corrected chi connectivity index (χ0v) is 13.1. The van der Waals surface area contributed by atoms with E-state index < -0.39 is 0 Å². The quantitative estimate of drug-likeness (QED) is 0.916. The lowest BCUT2D eigenvalue weighted by molar-refractivity contribution is -0.122. The SMILES string of the molecule is O=C1Nc2ccccc2C12CCC(NCc1cccnc1)CC2. The highest BCUT2D eigenvalue weighted by molar-refractivity contribution is 6.06. The lowest BCUT2D eigenvalue weighted by atomic mass is 9.69. The van der Waals surface area contributed by atoms with Gasteiger partial charge < -0.3 is 10.6 Å². The number of benzene rings is 1. The zero-order valence-electron chi connectivity index (χ0n) is 13.1. The topological polar surface area (TPSA) is 54.0 Å². The molecule has 1 aliphatic heterocycles. The van der Waals surface area contributed by atoms with Gasteiger partial charge >= 0.3 is 0 Å². The number of amides is 1. The second-order valence-electron chi connectivity index (χ2n) is 6.60. The Hall–Kier alpha value is -2.20. The Balaban J connectivity index is 1.42. The Morgan fingerprint density at radius 3 is 2.78 bits per heavy atom. The number of nitrogens with zero attached hydrogens (tertiary/aromatic N) is 1. The van der Waals surface area contributed by atoms with E-state index in [-0.39, 0.29) is 11.3 Å². The van der Waals surface area contributed by atoms with Gasteiger partial charge in [0.25, 0.3) is 0 Å². The van der Waals surface area contributed by atoms with E-state index in [1.165, 1.54) is 11.1 Å². The molecule has 1 aliphatic carbocycles. The van der Waals surface area contributed by atoms with Gasteiger partial charge in [-0.05, 0) is 48.9 Å². The maximum absolute atomic E-state index is 12.6. The minimum absolute atomic E-state index is 0.185. The van der Waals surface area contributed by atoms with Gasteiger partial charge in [0.05, 0.1) is 5.41 Å². The van der Waals surface area contributed by atoms with Crippen molar-refractivity contribution < 1.29 is 4.79 Å². The number of para-hydroxylation sites is 1. The second kappa shape index (κ2) is 5.78. The van der Waals surface area contributed by atoms with Crippen LogP contribution in [0.3, 0.4) is 0 Å². The monoisotopic (exact) mass is 307 g/mol. The number of nitrogens with one attached hydrogen (secondary N) is 2. The number of anilines is 1. The van der Waals surface area contributed by atoms with Gasteiger partial charge in [-0.1, -0.05) is 24.3 Å². The lowest BCUT2D eigenvalue weighted by Crippen LogP contribution is -2.43. The van der Waals surface area contributed by atoms with Crippen LogP contribution in [0, 0.1) is 0 Å². The van der Waals surface area contributed by atoms with Crippen molar-refractivity contribution in [1.29, 1.82) is 0 Å². The molecule has 4 nitrogen and oxygen atoms in total. The fourth-order valence-corrected chi connectivity index (χ4v) is 3.95. The van der Waals surface area contributed by atoms with Gasteiger partial charge in [0.1, 0.15) is 0 Å². The molecular formula is C19H21N3O. The molecule has 2 aliphatic rings. The van der Waals surface area contributed by atoms with Gasteiger partial charge in [-0.2, -0.15) is 0 Å². The Morgan fingerprint density at radius 2 is 2.00 bits per heavy atom. The standard InChI is InChI=1S/C19H21N3O/c23-18-19(16-5-1-2-6-17(16)22-18)9-7-15(8-10-19)21-13-14-4-3-11-20-12-14/h1-6,11-12,15,21H,7-10,13H2,(H,22,23). The van der Waals surface area contributed by atoms with Crippen LogP contribution in [0.15, 0.2) is 48.8 Å². The van der Waals surface area contributed by atoms with Crippen LogP contribution in [-0.2, 0) is 16.8 Å². The molecule has 1 saturated carbocycles. The van der Waals surface area contributed by atoms with Crippen LogP contribution in [0.5, 0.6) is 0 Å². The molecule has 1 spiro atoms. The predicted molar refractivity (Wildman–Crippen MR) is 90.1 cm³/mol. The molecule has 0 unspecified atom stereocenters. The first kappa shape index (κ1) is 14.4. The highest BCUT2D eigenvalue weighted by Gasteiger charge is 2.48. The summed E-state index contributed by atoms with van der Waals surface area (Å²) in [5.74, 6) is 0.185. The van der Waals surface area contributed by atoms with Gasteiger partial charge in [0.15, 0.2) is 0 Å². The number of hydrogen-bond donors (Lipinski definition) is 2. The van der Waals surface area contributed by atoms with Crippen molar-refractivity contribution in [3.63, 3.8) is 0 Å². The summed E-state index contributed by atoms with van der Waals surface area (Å²) in [6.07, 6.45) is 7.59. The summed E-state index contributed by atoms with van der Waals surface area (Å²) in [7, 11) is 0. The van der Waals surface area contributed by atoms with Crippen molar-refractivity contribution >= 4 is 11.6 Å². The number of rotatable bonds is 3. The molecule has 2 aromatic rings. The largest absolute Gasteiger partial charge is 0.325 e. The molecule has 0 bridgehead atoms. The second-order valence-corrected chi connectivity index (χ2v) is 6.60. The van der Waals surface area contributed by atoms with Gasteiger partial charge in [0.2, 0.25) is 5.91 Å². The van der Waals surface area contributed by atoms with Crippen molar-refractivity contribution in [3.8, 4) is 0 Å². The van der Waals surface area contributed by atoms with E-state index >= 15 is 0 Å². The van der Waals surface area contributed by atoms with Crippen molar-refractivity contribution in [3.05, 3.63) is 59.9 Å². The highest BCUT2D eigenvalue weighted by Crippen LogP contribution is 2.47. The van der Waals surface area contributed by atoms with Crippen LogP contribution in [0.4, 0.5) is 5.69 Å². The minimum Gasteiger partial charge on any atom is -0.325 e. The molecule has 0 saturated heterocycles. The van der Waals surface area contributed by atoms with Gasteiger partial charge in [-0.15, -0.1) is 0 Å². The maximum Gasteiger partial charge on any atom is 0.235 e. The summed E-state index contributed by atoms with van der Waals surface area (Å²) in [4.78, 5) is 16.7. The fraction of sp³-hybridized carbons (Fsp3) is 0.368. The first-order valence-electron chi connectivity index (χ1n) is 8.31. The van der Waals surface area contributed by atoms with Crippen molar-refractivity contribution in [2.24, 2.45) is 0 Å². The first-order valence-corrected chi connectivity index (χ1v) is 8.31. The maximum atomic E-state index is 12.6. The number of carbonyl (C=O) groups excluding carboxylic acids is 1. The zero-order chi connectivity index (χ0) is 15.7. The molecule has 1 aromatic carbocycles. The summed E-state index contributed by atoms with van der Waals surface area (Å²) in [6.45, 7) is 0.842. The molecule has 0 radical (unpaired) electrons. The Labute approximate surface area is 136 Å². The van der Waals surface area contributed by atoms with E-state index in [0.717, 1.165) is 37.9 Å². The normalized spacial score (nSPS) is 26.1. The minimum atomic E-state index is -0.303. The molecule has 1 aromatic heterocycles. The third kappa shape index (κ3) is 2.53. The number of fused-ring (bicyclic) bond motifs is 2. The van der Waals surface area contributed by atoms with E-state index in [0.29, 0.717) is 6.04 Å². The summed E-state index contributed by atoms with van der Waals surface area (Å²) in [6, 6.07) is 12.7. The summed E-state index contributed by atoms with van der Waals surface area (Å²) in [5, 5.41) is 6.67. The van der Waals surface area contributed by atoms with Crippen LogP contribution in [0.1, 0.15) is 36.8 Å². The number of aromatic nitrogens is 1. The highest BCUT2D eigenvalue weighted by atomic mass is 16.2. The van der Waals surface area contributed by atoms with E-state index in [1.54, 1.807) is 6.20 Å². The van der Waals surface area contributed by atoms with Gasteiger partial charge in [-0.25, -0.2) is 0 Å². The molecule has 4 heteroatoms. The molecule has 0 atom stereocenters. The Bertz CT molecular complexity index is 706. The Morgan fingerprint density at radius 1 is 1.17 bits per heavy atom. The fourth-order valence-electron chi connectivity index (χ4n) is 3.95. The van der Waals surface area contributed by atoms with Crippen LogP contribution >= 0.6 is 0 Å². The molecular weight excluding hydrogens is 286 g/mol. The van der Waals surface area contributed by atoms with Crippen molar-refractivity contribution in [1.82, 2.24) is 10.3 Å². The summed E-state index contributed by atoms with van der Waals surface area (Å²) >= 11 is 0. The van der Waals surface area contributed by atoms with Gasteiger partial charge in [0, 0.05) is 30.7 Å².